The number of rotatable bonds is 3. The Hall–Kier alpha value is -2.17. The first-order chi connectivity index (χ1) is 12.7. The molecular weight excluding hydrogens is 324 g/mol. The van der Waals surface area contributed by atoms with Gasteiger partial charge >= 0.3 is 0 Å². The summed E-state index contributed by atoms with van der Waals surface area (Å²) in [5.41, 5.74) is 3.30. The molecule has 1 aromatic carbocycles. The lowest BCUT2D eigenvalue weighted by Crippen LogP contribution is -2.48. The summed E-state index contributed by atoms with van der Waals surface area (Å²) in [4.78, 5) is 9.41. The van der Waals surface area contributed by atoms with E-state index in [-0.39, 0.29) is 5.41 Å². The van der Waals surface area contributed by atoms with E-state index < -0.39 is 0 Å². The molecule has 4 aliphatic carbocycles. The molecule has 2 heterocycles. The first kappa shape index (κ1) is 14.9. The van der Waals surface area contributed by atoms with Gasteiger partial charge in [-0.15, -0.1) is 0 Å². The lowest BCUT2D eigenvalue weighted by Gasteiger charge is -2.55. The van der Waals surface area contributed by atoms with Crippen LogP contribution in [0.2, 0.25) is 0 Å². The van der Waals surface area contributed by atoms with Crippen molar-refractivity contribution in [1.82, 2.24) is 19.7 Å². The monoisotopic (exact) mass is 348 g/mol. The number of nitrogens with zero attached hydrogens (tertiary/aromatic N) is 4. The van der Waals surface area contributed by atoms with Gasteiger partial charge in [0.05, 0.1) is 22.8 Å². The van der Waals surface area contributed by atoms with Crippen LogP contribution in [0.25, 0.3) is 22.4 Å². The molecule has 5 nitrogen and oxygen atoms in total. The Morgan fingerprint density at radius 3 is 2.54 bits per heavy atom. The molecule has 0 amide bonds. The zero-order valence-electron chi connectivity index (χ0n) is 15.2. The molecule has 0 atom stereocenters. The zero-order valence-corrected chi connectivity index (χ0v) is 15.2. The van der Waals surface area contributed by atoms with Crippen LogP contribution in [-0.2, 0) is 12.0 Å². The van der Waals surface area contributed by atoms with Crippen molar-refractivity contribution in [2.45, 2.75) is 57.4 Å². The molecule has 0 unspecified atom stereocenters. The van der Waals surface area contributed by atoms with Crippen LogP contribution in [0, 0.1) is 17.8 Å². The van der Waals surface area contributed by atoms with Crippen LogP contribution in [-0.4, -0.2) is 19.7 Å². The number of aromatic nitrogens is 4. The average Bonchev–Trinajstić information content (AvgIpc) is 3.27. The Morgan fingerprint density at radius 1 is 1.12 bits per heavy atom. The second-order valence-corrected chi connectivity index (χ2v) is 8.86. The fraction of sp³-hybridized carbons (Fsp3) is 0.571. The first-order valence-electron chi connectivity index (χ1n) is 10.0. The van der Waals surface area contributed by atoms with Gasteiger partial charge in [-0.1, -0.05) is 5.16 Å². The van der Waals surface area contributed by atoms with Crippen molar-refractivity contribution in [1.29, 1.82) is 0 Å². The molecule has 4 bridgehead atoms. The summed E-state index contributed by atoms with van der Waals surface area (Å²) in [6.07, 6.45) is 9.93. The molecule has 0 N–H and O–H groups in total. The van der Waals surface area contributed by atoms with Crippen LogP contribution in [0.5, 0.6) is 0 Å². The van der Waals surface area contributed by atoms with Crippen LogP contribution in [0.15, 0.2) is 29.0 Å². The van der Waals surface area contributed by atoms with Crippen molar-refractivity contribution in [2.24, 2.45) is 17.8 Å². The lowest BCUT2D eigenvalue weighted by molar-refractivity contribution is -0.0201. The fourth-order valence-electron chi connectivity index (χ4n) is 6.38. The normalized spacial score (nSPS) is 32.6. The molecule has 0 saturated heterocycles. The second kappa shape index (κ2) is 5.18. The summed E-state index contributed by atoms with van der Waals surface area (Å²) < 4.78 is 8.00. The minimum Gasteiger partial charge on any atom is -0.338 e. The third kappa shape index (κ3) is 2.06. The Bertz CT molecular complexity index is 950. The van der Waals surface area contributed by atoms with E-state index in [0.717, 1.165) is 46.8 Å². The lowest BCUT2D eigenvalue weighted by atomic mass is 9.49. The van der Waals surface area contributed by atoms with Gasteiger partial charge in [0.15, 0.2) is 0 Å². The van der Waals surface area contributed by atoms with E-state index in [9.17, 15) is 0 Å². The van der Waals surface area contributed by atoms with Gasteiger partial charge in [-0.05, 0) is 81.4 Å². The highest BCUT2D eigenvalue weighted by Gasteiger charge is 2.54. The molecular formula is C21H24N4O. The second-order valence-electron chi connectivity index (χ2n) is 8.86. The highest BCUT2D eigenvalue weighted by molar-refractivity contribution is 5.80. The fourth-order valence-corrected chi connectivity index (χ4v) is 6.38. The third-order valence-corrected chi connectivity index (χ3v) is 7.14. The molecule has 2 aromatic heterocycles. The maximum absolute atomic E-state index is 5.86. The molecule has 5 heteroatoms. The quantitative estimate of drug-likeness (QED) is 0.695. The van der Waals surface area contributed by atoms with Crippen molar-refractivity contribution < 1.29 is 4.52 Å². The van der Waals surface area contributed by atoms with Gasteiger partial charge in [0.2, 0.25) is 11.7 Å². The molecule has 4 fully saturated rings. The molecule has 134 valence electrons. The molecule has 3 aromatic rings. The summed E-state index contributed by atoms with van der Waals surface area (Å²) in [6, 6.07) is 6.28. The van der Waals surface area contributed by atoms with Crippen molar-refractivity contribution in [2.75, 3.05) is 0 Å². The number of fused-ring (bicyclic) bond motifs is 1. The van der Waals surface area contributed by atoms with Gasteiger partial charge in [0.1, 0.15) is 0 Å². The number of hydrogen-bond donors (Lipinski definition) is 0. The molecule has 7 rings (SSSR count). The molecule has 26 heavy (non-hydrogen) atoms. The SMILES string of the molecule is CCn1cnc2cc(-c3noc(C45CC6CC(CC(C6)C4)C5)n3)ccc21. The van der Waals surface area contributed by atoms with Crippen molar-refractivity contribution in [3.63, 3.8) is 0 Å². The molecule has 0 aliphatic heterocycles. The van der Waals surface area contributed by atoms with E-state index in [1.54, 1.807) is 0 Å². The number of imidazole rings is 1. The van der Waals surface area contributed by atoms with Gasteiger partial charge < -0.3 is 9.09 Å². The van der Waals surface area contributed by atoms with E-state index in [1.165, 1.54) is 38.5 Å². The minimum absolute atomic E-state index is 0.161. The van der Waals surface area contributed by atoms with Gasteiger partial charge in [-0.25, -0.2) is 4.98 Å². The minimum atomic E-state index is 0.161. The van der Waals surface area contributed by atoms with Gasteiger partial charge in [0.25, 0.3) is 0 Å². The largest absolute Gasteiger partial charge is 0.338 e. The Morgan fingerprint density at radius 2 is 1.85 bits per heavy atom. The maximum atomic E-state index is 5.86. The van der Waals surface area contributed by atoms with Crippen molar-refractivity contribution >= 4 is 11.0 Å². The van der Waals surface area contributed by atoms with E-state index in [4.69, 9.17) is 9.51 Å². The van der Waals surface area contributed by atoms with E-state index >= 15 is 0 Å². The molecule has 0 radical (unpaired) electrons. The first-order valence-corrected chi connectivity index (χ1v) is 10.0. The molecule has 4 saturated carbocycles. The Balaban J connectivity index is 1.37. The summed E-state index contributed by atoms with van der Waals surface area (Å²) in [7, 11) is 0. The molecule has 0 spiro atoms. The van der Waals surface area contributed by atoms with Gasteiger partial charge in [-0.2, -0.15) is 4.98 Å². The van der Waals surface area contributed by atoms with Crippen molar-refractivity contribution in [3.8, 4) is 11.4 Å². The maximum Gasteiger partial charge on any atom is 0.233 e. The van der Waals surface area contributed by atoms with E-state index in [0.29, 0.717) is 5.82 Å². The summed E-state index contributed by atoms with van der Waals surface area (Å²) in [5, 5.41) is 4.36. The Labute approximate surface area is 152 Å². The van der Waals surface area contributed by atoms with Crippen LogP contribution in [0.1, 0.15) is 51.3 Å². The number of benzene rings is 1. The average molecular weight is 348 g/mol. The van der Waals surface area contributed by atoms with Crippen LogP contribution in [0.4, 0.5) is 0 Å². The highest BCUT2D eigenvalue weighted by Crippen LogP contribution is 2.60. The predicted octanol–water partition coefficient (Wildman–Crippen LogP) is 4.57. The third-order valence-electron chi connectivity index (χ3n) is 7.14. The topological polar surface area (TPSA) is 56.7 Å². The zero-order chi connectivity index (χ0) is 17.3. The van der Waals surface area contributed by atoms with E-state index in [1.807, 2.05) is 6.33 Å². The standard InChI is InChI=1S/C21H24N4O/c1-2-25-12-22-17-8-16(3-4-18(17)25)19-23-20(26-24-19)21-9-13-5-14(10-21)7-15(6-13)11-21/h3-4,8,12-15H,2,5-7,9-11H2,1H3. The summed E-state index contributed by atoms with van der Waals surface area (Å²) >= 11 is 0. The van der Waals surface area contributed by atoms with Crippen LogP contribution in [0.3, 0.4) is 0 Å². The van der Waals surface area contributed by atoms with Crippen molar-refractivity contribution in [3.05, 3.63) is 30.4 Å². The highest BCUT2D eigenvalue weighted by atomic mass is 16.5. The predicted molar refractivity (Wildman–Crippen MR) is 98.5 cm³/mol. The summed E-state index contributed by atoms with van der Waals surface area (Å²) in [6.45, 7) is 3.06. The number of hydrogen-bond acceptors (Lipinski definition) is 4. The van der Waals surface area contributed by atoms with Gasteiger partial charge in [-0.3, -0.25) is 0 Å². The van der Waals surface area contributed by atoms with E-state index in [2.05, 4.69) is 39.8 Å². The van der Waals surface area contributed by atoms with Gasteiger partial charge in [0, 0.05) is 12.1 Å². The van der Waals surface area contributed by atoms with Crippen LogP contribution >= 0.6 is 0 Å². The van der Waals surface area contributed by atoms with Crippen LogP contribution < -0.4 is 0 Å². The number of aryl methyl sites for hydroxylation is 1. The smallest absolute Gasteiger partial charge is 0.233 e. The molecule has 4 aliphatic rings. The Kier molecular flexibility index (Phi) is 2.98. The summed E-state index contributed by atoms with van der Waals surface area (Å²) in [5.74, 6) is 4.25.